The molecule has 0 spiro atoms. The van der Waals surface area contributed by atoms with Crippen molar-refractivity contribution in [2.45, 2.75) is 38.6 Å². The third kappa shape index (κ3) is 5.36. The van der Waals surface area contributed by atoms with Crippen molar-refractivity contribution in [3.63, 3.8) is 0 Å². The molecule has 1 aliphatic carbocycles. The first kappa shape index (κ1) is 23.3. The third-order valence-electron chi connectivity index (χ3n) is 6.97. The van der Waals surface area contributed by atoms with Crippen LogP contribution in [0.15, 0.2) is 55.0 Å². The Labute approximate surface area is 214 Å². The fourth-order valence-electron chi connectivity index (χ4n) is 4.80. The lowest BCUT2D eigenvalue weighted by atomic mass is 10.0. The molecular weight excluding hydrogens is 466 g/mol. The number of anilines is 2. The lowest BCUT2D eigenvalue weighted by molar-refractivity contribution is -0.117. The fourth-order valence-corrected chi connectivity index (χ4v) is 4.80. The molecule has 1 saturated heterocycles. The summed E-state index contributed by atoms with van der Waals surface area (Å²) in [5, 5.41) is 13.9. The second-order valence-electron chi connectivity index (χ2n) is 9.89. The summed E-state index contributed by atoms with van der Waals surface area (Å²) < 4.78 is 0. The van der Waals surface area contributed by atoms with Crippen molar-refractivity contribution in [1.29, 1.82) is 0 Å². The molecule has 1 aliphatic heterocycles. The fraction of sp³-hybridized carbons (Fsp3) is 0.321. The van der Waals surface area contributed by atoms with Crippen molar-refractivity contribution in [2.75, 3.05) is 23.7 Å². The Bertz CT molecular complexity index is 1450. The number of fused-ring (bicyclic) bond motifs is 1. The first-order chi connectivity index (χ1) is 18.1. The second-order valence-corrected chi connectivity index (χ2v) is 9.89. The van der Waals surface area contributed by atoms with E-state index in [0.29, 0.717) is 22.5 Å². The van der Waals surface area contributed by atoms with E-state index in [2.05, 4.69) is 35.7 Å². The highest BCUT2D eigenvalue weighted by atomic mass is 16.2. The summed E-state index contributed by atoms with van der Waals surface area (Å²) in [5.74, 6) is -0.131. The quantitative estimate of drug-likeness (QED) is 0.345. The van der Waals surface area contributed by atoms with E-state index in [0.717, 1.165) is 54.8 Å². The van der Waals surface area contributed by atoms with Gasteiger partial charge in [0.15, 0.2) is 5.69 Å². The van der Waals surface area contributed by atoms with Crippen LogP contribution in [0.2, 0.25) is 0 Å². The molecule has 1 saturated carbocycles. The van der Waals surface area contributed by atoms with Crippen LogP contribution in [0.1, 0.15) is 48.3 Å². The first-order valence-corrected chi connectivity index (χ1v) is 12.9. The summed E-state index contributed by atoms with van der Waals surface area (Å²) in [6.07, 6.45) is 10.7. The van der Waals surface area contributed by atoms with Crippen molar-refractivity contribution < 1.29 is 9.59 Å². The van der Waals surface area contributed by atoms with E-state index in [1.54, 1.807) is 24.7 Å². The summed E-state index contributed by atoms with van der Waals surface area (Å²) in [6.45, 7) is 2.96. The molecule has 2 fully saturated rings. The van der Waals surface area contributed by atoms with Gasteiger partial charge in [-0.3, -0.25) is 29.6 Å². The first-order valence-electron chi connectivity index (χ1n) is 12.9. The van der Waals surface area contributed by atoms with Crippen LogP contribution < -0.4 is 10.6 Å². The minimum atomic E-state index is -0.290. The van der Waals surface area contributed by atoms with Gasteiger partial charge >= 0.3 is 0 Å². The topological polar surface area (TPSA) is 116 Å². The van der Waals surface area contributed by atoms with Gasteiger partial charge in [0, 0.05) is 41.5 Å². The molecule has 2 amide bonds. The van der Waals surface area contributed by atoms with Crippen LogP contribution in [0.25, 0.3) is 22.0 Å². The standard InChI is InChI=1S/C28H29N7O2/c36-27(18-4-5-18)32-22-12-20(15-29-16-22)19-6-7-25-24(13-19)26(34-33-25)28(37)31-21-8-9-30-23(14-21)17-35-10-2-1-3-11-35/h6-9,12-16,18H,1-5,10-11,17H2,(H,32,36)(H,33,34)(H,30,31,37). The number of aromatic amines is 1. The number of benzene rings is 1. The minimum absolute atomic E-state index is 0.0402. The lowest BCUT2D eigenvalue weighted by Crippen LogP contribution is -2.29. The summed E-state index contributed by atoms with van der Waals surface area (Å²) >= 11 is 0. The average molecular weight is 496 g/mol. The Morgan fingerprint density at radius 3 is 2.65 bits per heavy atom. The van der Waals surface area contributed by atoms with Gasteiger partial charge in [-0.2, -0.15) is 5.10 Å². The van der Waals surface area contributed by atoms with Crippen LogP contribution in [0.3, 0.4) is 0 Å². The number of likely N-dealkylation sites (tertiary alicyclic amines) is 1. The van der Waals surface area contributed by atoms with Crippen molar-refractivity contribution >= 4 is 34.1 Å². The Balaban J connectivity index is 1.20. The van der Waals surface area contributed by atoms with Crippen LogP contribution in [-0.4, -0.2) is 50.0 Å². The highest BCUT2D eigenvalue weighted by Crippen LogP contribution is 2.31. The zero-order valence-corrected chi connectivity index (χ0v) is 20.5. The molecule has 37 heavy (non-hydrogen) atoms. The van der Waals surface area contributed by atoms with Gasteiger partial charge in [0.25, 0.3) is 5.91 Å². The highest BCUT2D eigenvalue weighted by molar-refractivity contribution is 6.11. The van der Waals surface area contributed by atoms with Gasteiger partial charge in [-0.1, -0.05) is 12.5 Å². The minimum Gasteiger partial charge on any atom is -0.324 e. The molecule has 6 rings (SSSR count). The molecule has 4 heterocycles. The number of nitrogens with zero attached hydrogens (tertiary/aromatic N) is 4. The Kier molecular flexibility index (Phi) is 6.36. The molecule has 1 aromatic carbocycles. The number of nitrogens with one attached hydrogen (secondary N) is 3. The molecule has 0 bridgehead atoms. The number of carbonyl (C=O) groups is 2. The number of aromatic nitrogens is 4. The Hall–Kier alpha value is -4.11. The number of carbonyl (C=O) groups excluding carboxylic acids is 2. The van der Waals surface area contributed by atoms with E-state index in [1.165, 1.54) is 19.3 Å². The van der Waals surface area contributed by atoms with E-state index >= 15 is 0 Å². The summed E-state index contributed by atoms with van der Waals surface area (Å²) in [7, 11) is 0. The smallest absolute Gasteiger partial charge is 0.276 e. The number of H-pyrrole nitrogens is 1. The normalized spacial score (nSPS) is 16.0. The van der Waals surface area contributed by atoms with Crippen LogP contribution in [0.5, 0.6) is 0 Å². The zero-order chi connectivity index (χ0) is 25.2. The molecule has 2 aliphatic rings. The zero-order valence-electron chi connectivity index (χ0n) is 20.5. The van der Waals surface area contributed by atoms with E-state index < -0.39 is 0 Å². The molecule has 4 aromatic rings. The predicted octanol–water partition coefficient (Wildman–Crippen LogP) is 4.61. The monoisotopic (exact) mass is 495 g/mol. The van der Waals surface area contributed by atoms with Crippen LogP contribution in [0.4, 0.5) is 11.4 Å². The van der Waals surface area contributed by atoms with Gasteiger partial charge in [0.05, 0.1) is 23.1 Å². The van der Waals surface area contributed by atoms with Gasteiger partial charge in [0.2, 0.25) is 5.91 Å². The molecule has 0 unspecified atom stereocenters. The number of hydrogen-bond donors (Lipinski definition) is 3. The van der Waals surface area contributed by atoms with E-state index in [-0.39, 0.29) is 17.7 Å². The SMILES string of the molecule is O=C(Nc1ccnc(CN2CCCCC2)c1)c1n[nH]c2ccc(-c3cncc(NC(=O)C4CC4)c3)cc12. The maximum Gasteiger partial charge on any atom is 0.276 e. The molecule has 188 valence electrons. The Morgan fingerprint density at radius 1 is 0.946 bits per heavy atom. The van der Waals surface area contributed by atoms with Crippen molar-refractivity contribution in [1.82, 2.24) is 25.1 Å². The molecule has 0 radical (unpaired) electrons. The summed E-state index contributed by atoms with van der Waals surface area (Å²) in [4.78, 5) is 36.5. The van der Waals surface area contributed by atoms with Crippen LogP contribution in [0, 0.1) is 5.92 Å². The number of hydrogen-bond acceptors (Lipinski definition) is 6. The maximum absolute atomic E-state index is 13.2. The molecule has 3 N–H and O–H groups in total. The Morgan fingerprint density at radius 2 is 1.81 bits per heavy atom. The molecule has 9 heteroatoms. The maximum atomic E-state index is 13.2. The molecular formula is C28H29N7O2. The van der Waals surface area contributed by atoms with Crippen LogP contribution >= 0.6 is 0 Å². The number of pyridine rings is 2. The molecule has 0 atom stereocenters. The van der Waals surface area contributed by atoms with E-state index in [4.69, 9.17) is 0 Å². The summed E-state index contributed by atoms with van der Waals surface area (Å²) in [6, 6.07) is 11.4. The van der Waals surface area contributed by atoms with E-state index in [9.17, 15) is 9.59 Å². The van der Waals surface area contributed by atoms with Gasteiger partial charge in [0.1, 0.15) is 0 Å². The lowest BCUT2D eigenvalue weighted by Gasteiger charge is -2.26. The number of amides is 2. The molecule has 3 aromatic heterocycles. The van der Waals surface area contributed by atoms with Gasteiger partial charge in [-0.05, 0) is 74.7 Å². The third-order valence-corrected chi connectivity index (χ3v) is 6.97. The van der Waals surface area contributed by atoms with Gasteiger partial charge in [-0.25, -0.2) is 0 Å². The van der Waals surface area contributed by atoms with Crippen molar-refractivity contribution in [3.05, 3.63) is 66.4 Å². The largest absolute Gasteiger partial charge is 0.324 e. The van der Waals surface area contributed by atoms with Crippen molar-refractivity contribution in [2.24, 2.45) is 5.92 Å². The van der Waals surface area contributed by atoms with Gasteiger partial charge < -0.3 is 10.6 Å². The average Bonchev–Trinajstić information content (AvgIpc) is 3.69. The van der Waals surface area contributed by atoms with Crippen molar-refractivity contribution in [3.8, 4) is 11.1 Å². The summed E-state index contributed by atoms with van der Waals surface area (Å²) in [5.41, 5.74) is 5.11. The highest BCUT2D eigenvalue weighted by Gasteiger charge is 2.29. The predicted molar refractivity (Wildman–Crippen MR) is 142 cm³/mol. The van der Waals surface area contributed by atoms with E-state index in [1.807, 2.05) is 30.3 Å². The number of piperidine rings is 1. The number of rotatable bonds is 7. The van der Waals surface area contributed by atoms with Gasteiger partial charge in [-0.15, -0.1) is 0 Å². The second kappa shape index (κ2) is 10.1. The van der Waals surface area contributed by atoms with Crippen LogP contribution in [-0.2, 0) is 11.3 Å². The molecule has 9 nitrogen and oxygen atoms in total.